The number of halogens is 1. The zero-order valence-electron chi connectivity index (χ0n) is 14.2. The first-order valence-electron chi connectivity index (χ1n) is 8.22. The smallest absolute Gasteiger partial charge is 0.0616 e. The third kappa shape index (κ3) is 3.28. The first-order chi connectivity index (χ1) is 12.1. The van der Waals surface area contributed by atoms with Crippen molar-refractivity contribution in [2.75, 3.05) is 19.0 Å². The van der Waals surface area contributed by atoms with Gasteiger partial charge < -0.3 is 9.80 Å². The second kappa shape index (κ2) is 6.75. The van der Waals surface area contributed by atoms with Crippen molar-refractivity contribution in [3.8, 4) is 0 Å². The minimum absolute atomic E-state index is 0.758. The van der Waals surface area contributed by atoms with Crippen LogP contribution in [0.5, 0.6) is 0 Å². The first kappa shape index (κ1) is 16.5. The maximum atomic E-state index is 6.31. The molecule has 3 aromatic rings. The number of nitrogens with zero attached hydrogens (tertiary/aromatic N) is 2. The fourth-order valence-corrected chi connectivity index (χ4v) is 4.37. The number of para-hydroxylation sites is 1. The molecule has 1 aliphatic heterocycles. The molecule has 0 spiro atoms. The predicted octanol–water partition coefficient (Wildman–Crippen LogP) is 6.34. The van der Waals surface area contributed by atoms with Gasteiger partial charge in [0.2, 0.25) is 0 Å². The highest BCUT2D eigenvalue weighted by molar-refractivity contribution is 7.99. The van der Waals surface area contributed by atoms with Gasteiger partial charge in [-0.2, -0.15) is 0 Å². The molecule has 126 valence electrons. The van der Waals surface area contributed by atoms with Crippen LogP contribution in [0.15, 0.2) is 76.5 Å². The molecule has 0 bridgehead atoms. The highest BCUT2D eigenvalue weighted by Crippen LogP contribution is 2.51. The van der Waals surface area contributed by atoms with E-state index >= 15 is 0 Å². The van der Waals surface area contributed by atoms with Crippen molar-refractivity contribution >= 4 is 40.4 Å². The van der Waals surface area contributed by atoms with Crippen LogP contribution >= 0.6 is 23.4 Å². The molecule has 0 atom stereocenters. The Morgan fingerprint density at radius 1 is 0.880 bits per heavy atom. The van der Waals surface area contributed by atoms with E-state index in [0.717, 1.165) is 22.9 Å². The zero-order valence-corrected chi connectivity index (χ0v) is 15.8. The molecule has 0 aliphatic carbocycles. The Bertz CT molecular complexity index is 923. The quantitative estimate of drug-likeness (QED) is 0.418. The molecule has 0 fully saturated rings. The monoisotopic (exact) mass is 366 g/mol. The molecule has 4 heteroatoms. The van der Waals surface area contributed by atoms with Gasteiger partial charge in [0.05, 0.1) is 11.4 Å². The molecule has 0 saturated heterocycles. The van der Waals surface area contributed by atoms with Gasteiger partial charge in [-0.25, -0.2) is 0 Å². The predicted molar refractivity (Wildman–Crippen MR) is 108 cm³/mol. The zero-order chi connectivity index (χ0) is 17.4. The summed E-state index contributed by atoms with van der Waals surface area (Å²) >= 11 is 8.11. The molecule has 0 aromatic heterocycles. The van der Waals surface area contributed by atoms with Crippen LogP contribution in [0.4, 0.5) is 17.1 Å². The highest BCUT2D eigenvalue weighted by atomic mass is 35.5. The van der Waals surface area contributed by atoms with Crippen molar-refractivity contribution in [1.29, 1.82) is 0 Å². The minimum Gasteiger partial charge on any atom is -0.308 e. The molecule has 1 aliphatic rings. The lowest BCUT2D eigenvalue weighted by atomic mass is 10.1. The first-order valence-corrected chi connectivity index (χ1v) is 9.41. The standard InChI is InChI=1S/C21H19ClN2S/c1-23(2)14-15-6-5-7-17(12-15)24-18-8-3-4-9-20(18)25-21-11-10-16(22)13-19(21)24/h3-13H,14H2,1-2H3. The van der Waals surface area contributed by atoms with Crippen molar-refractivity contribution < 1.29 is 0 Å². The number of fused-ring (bicyclic) bond motifs is 2. The van der Waals surface area contributed by atoms with Crippen LogP contribution in [-0.4, -0.2) is 19.0 Å². The average Bonchev–Trinajstić information content (AvgIpc) is 2.59. The third-order valence-electron chi connectivity index (χ3n) is 4.16. The summed E-state index contributed by atoms with van der Waals surface area (Å²) in [4.78, 5) is 6.98. The molecular weight excluding hydrogens is 348 g/mol. The summed E-state index contributed by atoms with van der Waals surface area (Å²) in [7, 11) is 4.18. The topological polar surface area (TPSA) is 6.48 Å². The summed E-state index contributed by atoms with van der Waals surface area (Å²) < 4.78 is 0. The molecule has 4 rings (SSSR count). The molecule has 0 radical (unpaired) electrons. The van der Waals surface area contributed by atoms with Crippen LogP contribution in [0, 0.1) is 0 Å². The van der Waals surface area contributed by atoms with E-state index in [0.29, 0.717) is 0 Å². The molecule has 25 heavy (non-hydrogen) atoms. The van der Waals surface area contributed by atoms with Gasteiger partial charge in [-0.3, -0.25) is 0 Å². The lowest BCUT2D eigenvalue weighted by Gasteiger charge is -2.33. The van der Waals surface area contributed by atoms with E-state index in [9.17, 15) is 0 Å². The van der Waals surface area contributed by atoms with Crippen LogP contribution in [0.25, 0.3) is 0 Å². The Hall–Kier alpha value is -1.94. The summed E-state index contributed by atoms with van der Waals surface area (Å²) in [5.41, 5.74) is 4.79. The summed E-state index contributed by atoms with van der Waals surface area (Å²) in [6.45, 7) is 0.917. The molecular formula is C21H19ClN2S. The lowest BCUT2D eigenvalue weighted by molar-refractivity contribution is 0.402. The Morgan fingerprint density at radius 2 is 1.68 bits per heavy atom. The van der Waals surface area contributed by atoms with Crippen LogP contribution < -0.4 is 4.90 Å². The van der Waals surface area contributed by atoms with Gasteiger partial charge in [-0.15, -0.1) is 0 Å². The fraction of sp³-hybridized carbons (Fsp3) is 0.143. The van der Waals surface area contributed by atoms with Crippen molar-refractivity contribution in [3.63, 3.8) is 0 Å². The second-order valence-corrected chi connectivity index (χ2v) is 7.95. The molecule has 3 aromatic carbocycles. The van der Waals surface area contributed by atoms with Gasteiger partial charge in [0.25, 0.3) is 0 Å². The van der Waals surface area contributed by atoms with Crippen molar-refractivity contribution in [3.05, 3.63) is 77.3 Å². The van der Waals surface area contributed by atoms with E-state index in [1.165, 1.54) is 21.0 Å². The van der Waals surface area contributed by atoms with Crippen LogP contribution in [0.1, 0.15) is 5.56 Å². The highest BCUT2D eigenvalue weighted by Gasteiger charge is 2.24. The molecule has 0 amide bonds. The Kier molecular flexibility index (Phi) is 4.46. The van der Waals surface area contributed by atoms with E-state index in [4.69, 9.17) is 11.6 Å². The summed E-state index contributed by atoms with van der Waals surface area (Å²) in [6, 6.07) is 23.4. The van der Waals surface area contributed by atoms with Crippen LogP contribution in [0.2, 0.25) is 5.02 Å². The van der Waals surface area contributed by atoms with E-state index < -0.39 is 0 Å². The number of hydrogen-bond acceptors (Lipinski definition) is 3. The van der Waals surface area contributed by atoms with Crippen LogP contribution in [0.3, 0.4) is 0 Å². The van der Waals surface area contributed by atoms with Crippen molar-refractivity contribution in [2.24, 2.45) is 0 Å². The van der Waals surface area contributed by atoms with Gasteiger partial charge in [0, 0.05) is 27.0 Å². The third-order valence-corrected chi connectivity index (χ3v) is 5.52. The molecule has 0 unspecified atom stereocenters. The fourth-order valence-electron chi connectivity index (χ4n) is 3.17. The van der Waals surface area contributed by atoms with Gasteiger partial charge >= 0.3 is 0 Å². The number of anilines is 3. The van der Waals surface area contributed by atoms with E-state index in [2.05, 4.69) is 84.6 Å². The molecule has 2 nitrogen and oxygen atoms in total. The summed E-state index contributed by atoms with van der Waals surface area (Å²) in [5.74, 6) is 0. The van der Waals surface area contributed by atoms with Gasteiger partial charge in [0.1, 0.15) is 0 Å². The Balaban J connectivity index is 1.88. The van der Waals surface area contributed by atoms with E-state index in [1.54, 1.807) is 11.8 Å². The summed E-state index contributed by atoms with van der Waals surface area (Å²) in [5, 5.41) is 0.758. The maximum absolute atomic E-state index is 6.31. The average molecular weight is 367 g/mol. The summed E-state index contributed by atoms with van der Waals surface area (Å²) in [6.07, 6.45) is 0. The Labute approximate surface area is 158 Å². The second-order valence-electron chi connectivity index (χ2n) is 6.42. The SMILES string of the molecule is CN(C)Cc1cccc(N2c3ccccc3Sc3ccc(Cl)cc32)c1. The number of benzene rings is 3. The largest absolute Gasteiger partial charge is 0.308 e. The van der Waals surface area contributed by atoms with Gasteiger partial charge in [0.15, 0.2) is 0 Å². The molecule has 0 saturated carbocycles. The normalized spacial score (nSPS) is 12.9. The van der Waals surface area contributed by atoms with Gasteiger partial charge in [-0.1, -0.05) is 47.6 Å². The van der Waals surface area contributed by atoms with Crippen molar-refractivity contribution in [1.82, 2.24) is 4.90 Å². The van der Waals surface area contributed by atoms with Crippen molar-refractivity contribution in [2.45, 2.75) is 16.3 Å². The minimum atomic E-state index is 0.758. The number of hydrogen-bond donors (Lipinski definition) is 0. The lowest BCUT2D eigenvalue weighted by Crippen LogP contribution is -2.16. The maximum Gasteiger partial charge on any atom is 0.0616 e. The Morgan fingerprint density at radius 3 is 2.52 bits per heavy atom. The van der Waals surface area contributed by atoms with Gasteiger partial charge in [-0.05, 0) is 62.1 Å². The molecule has 0 N–H and O–H groups in total. The van der Waals surface area contributed by atoms with Crippen LogP contribution in [-0.2, 0) is 6.54 Å². The molecule has 1 heterocycles. The van der Waals surface area contributed by atoms with E-state index in [1.807, 2.05) is 6.07 Å². The van der Waals surface area contributed by atoms with E-state index in [-0.39, 0.29) is 0 Å². The number of rotatable bonds is 3.